The Morgan fingerprint density at radius 2 is 1.89 bits per heavy atom. The standard InChI is InChI=1S/C21H25N5O2/c1-5-26(6-2)18-7-8-19(14(3)9-18)24-21(27)16-11-17(13-22-12-16)23-20-10-15(4)28-25-20/h7-13H,5-6H2,1-4H3,(H,23,25)(H,24,27). The Balaban J connectivity index is 1.73. The highest BCUT2D eigenvalue weighted by Crippen LogP contribution is 2.23. The summed E-state index contributed by atoms with van der Waals surface area (Å²) in [5, 5.41) is 9.92. The minimum atomic E-state index is -0.217. The van der Waals surface area contributed by atoms with Crippen molar-refractivity contribution in [2.24, 2.45) is 0 Å². The summed E-state index contributed by atoms with van der Waals surface area (Å²) in [5.41, 5.74) is 4.06. The second kappa shape index (κ2) is 8.56. The molecule has 2 aromatic heterocycles. The average Bonchev–Trinajstić information content (AvgIpc) is 3.09. The van der Waals surface area contributed by atoms with Gasteiger partial charge in [0.1, 0.15) is 5.76 Å². The number of aromatic nitrogens is 2. The molecule has 0 fully saturated rings. The lowest BCUT2D eigenvalue weighted by Gasteiger charge is -2.22. The number of aryl methyl sites for hydroxylation is 2. The van der Waals surface area contributed by atoms with Crippen LogP contribution in [-0.2, 0) is 0 Å². The summed E-state index contributed by atoms with van der Waals surface area (Å²) in [6, 6.07) is 9.55. The molecule has 0 aliphatic carbocycles. The summed E-state index contributed by atoms with van der Waals surface area (Å²) in [4.78, 5) is 19.1. The number of hydrogen-bond donors (Lipinski definition) is 2. The maximum Gasteiger partial charge on any atom is 0.257 e. The van der Waals surface area contributed by atoms with Gasteiger partial charge in [0.25, 0.3) is 5.91 Å². The van der Waals surface area contributed by atoms with E-state index in [4.69, 9.17) is 4.52 Å². The predicted octanol–water partition coefficient (Wildman–Crippen LogP) is 4.53. The predicted molar refractivity (Wildman–Crippen MR) is 111 cm³/mol. The second-order valence-corrected chi connectivity index (χ2v) is 6.54. The number of hydrogen-bond acceptors (Lipinski definition) is 6. The number of nitrogens with one attached hydrogen (secondary N) is 2. The number of carbonyl (C=O) groups is 1. The zero-order chi connectivity index (χ0) is 20.1. The van der Waals surface area contributed by atoms with Gasteiger partial charge in [-0.1, -0.05) is 5.16 Å². The van der Waals surface area contributed by atoms with E-state index < -0.39 is 0 Å². The van der Waals surface area contributed by atoms with Crippen molar-refractivity contribution in [2.45, 2.75) is 27.7 Å². The third kappa shape index (κ3) is 4.49. The molecule has 2 N–H and O–H groups in total. The van der Waals surface area contributed by atoms with Crippen LogP contribution >= 0.6 is 0 Å². The van der Waals surface area contributed by atoms with Gasteiger partial charge in [0.2, 0.25) is 0 Å². The Morgan fingerprint density at radius 3 is 2.54 bits per heavy atom. The van der Waals surface area contributed by atoms with Gasteiger partial charge in [0, 0.05) is 36.7 Å². The minimum Gasteiger partial charge on any atom is -0.372 e. The molecule has 3 aromatic rings. The lowest BCUT2D eigenvalue weighted by Crippen LogP contribution is -2.22. The normalized spacial score (nSPS) is 10.6. The number of carbonyl (C=O) groups excluding carboxylic acids is 1. The molecule has 0 radical (unpaired) electrons. The first-order chi connectivity index (χ1) is 13.5. The van der Waals surface area contributed by atoms with Crippen LogP contribution in [0.25, 0.3) is 0 Å². The molecule has 7 nitrogen and oxygen atoms in total. The smallest absolute Gasteiger partial charge is 0.257 e. The van der Waals surface area contributed by atoms with Crippen LogP contribution in [0.2, 0.25) is 0 Å². The third-order valence-electron chi connectivity index (χ3n) is 4.49. The lowest BCUT2D eigenvalue weighted by molar-refractivity contribution is 0.102. The van der Waals surface area contributed by atoms with Crippen LogP contribution in [0, 0.1) is 13.8 Å². The molecule has 146 valence electrons. The summed E-state index contributed by atoms with van der Waals surface area (Å²) in [6.45, 7) is 9.95. The van der Waals surface area contributed by atoms with E-state index in [1.165, 1.54) is 6.20 Å². The summed E-state index contributed by atoms with van der Waals surface area (Å²) in [7, 11) is 0. The van der Waals surface area contributed by atoms with E-state index in [9.17, 15) is 4.79 Å². The SMILES string of the molecule is CCN(CC)c1ccc(NC(=O)c2cncc(Nc3cc(C)on3)c2)c(C)c1. The van der Waals surface area contributed by atoms with Crippen molar-refractivity contribution in [2.75, 3.05) is 28.6 Å². The Bertz CT molecular complexity index is 963. The molecule has 7 heteroatoms. The highest BCUT2D eigenvalue weighted by molar-refractivity contribution is 6.05. The average molecular weight is 379 g/mol. The Hall–Kier alpha value is -3.35. The zero-order valence-electron chi connectivity index (χ0n) is 16.6. The zero-order valence-corrected chi connectivity index (χ0v) is 16.6. The van der Waals surface area contributed by atoms with Crippen LogP contribution in [0.4, 0.5) is 22.9 Å². The van der Waals surface area contributed by atoms with E-state index in [-0.39, 0.29) is 5.91 Å². The highest BCUT2D eigenvalue weighted by Gasteiger charge is 2.11. The number of benzene rings is 1. The van der Waals surface area contributed by atoms with Crippen LogP contribution in [0.15, 0.2) is 47.2 Å². The van der Waals surface area contributed by atoms with E-state index in [2.05, 4.69) is 45.6 Å². The molecule has 3 rings (SSSR count). The van der Waals surface area contributed by atoms with Crippen molar-refractivity contribution < 1.29 is 9.32 Å². The molecule has 0 saturated heterocycles. The van der Waals surface area contributed by atoms with E-state index in [1.807, 2.05) is 26.0 Å². The van der Waals surface area contributed by atoms with Gasteiger partial charge in [-0.05, 0) is 57.5 Å². The molecule has 0 unspecified atom stereocenters. The van der Waals surface area contributed by atoms with Crippen molar-refractivity contribution in [3.63, 3.8) is 0 Å². The van der Waals surface area contributed by atoms with Crippen molar-refractivity contribution >= 4 is 28.8 Å². The van der Waals surface area contributed by atoms with Gasteiger partial charge in [0.05, 0.1) is 17.4 Å². The maximum absolute atomic E-state index is 12.7. The number of nitrogens with zero attached hydrogens (tertiary/aromatic N) is 3. The van der Waals surface area contributed by atoms with Gasteiger partial charge < -0.3 is 20.1 Å². The van der Waals surface area contributed by atoms with E-state index >= 15 is 0 Å². The first kappa shape index (κ1) is 19.4. The van der Waals surface area contributed by atoms with E-state index in [1.54, 1.807) is 18.3 Å². The summed E-state index contributed by atoms with van der Waals surface area (Å²) >= 11 is 0. The quantitative estimate of drug-likeness (QED) is 0.628. The monoisotopic (exact) mass is 379 g/mol. The number of amides is 1. The van der Waals surface area contributed by atoms with Crippen molar-refractivity contribution in [1.29, 1.82) is 0 Å². The Morgan fingerprint density at radius 1 is 1.11 bits per heavy atom. The highest BCUT2D eigenvalue weighted by atomic mass is 16.5. The minimum absolute atomic E-state index is 0.217. The molecule has 0 bridgehead atoms. The van der Waals surface area contributed by atoms with Gasteiger partial charge in [-0.25, -0.2) is 0 Å². The van der Waals surface area contributed by atoms with Crippen molar-refractivity contribution in [3.05, 3.63) is 59.6 Å². The molecule has 1 amide bonds. The molecule has 0 aliphatic rings. The molecular weight excluding hydrogens is 354 g/mol. The van der Waals surface area contributed by atoms with Crippen LogP contribution < -0.4 is 15.5 Å². The van der Waals surface area contributed by atoms with Crippen LogP contribution in [-0.4, -0.2) is 29.1 Å². The van der Waals surface area contributed by atoms with Crippen molar-refractivity contribution in [1.82, 2.24) is 10.1 Å². The fourth-order valence-corrected chi connectivity index (χ4v) is 2.97. The van der Waals surface area contributed by atoms with Gasteiger partial charge >= 0.3 is 0 Å². The second-order valence-electron chi connectivity index (χ2n) is 6.54. The molecule has 0 aliphatic heterocycles. The lowest BCUT2D eigenvalue weighted by atomic mass is 10.1. The number of anilines is 4. The molecule has 28 heavy (non-hydrogen) atoms. The summed E-state index contributed by atoms with van der Waals surface area (Å²) in [6.07, 6.45) is 3.17. The number of pyridine rings is 1. The molecule has 1 aromatic carbocycles. The van der Waals surface area contributed by atoms with Gasteiger partial charge in [-0.3, -0.25) is 9.78 Å². The van der Waals surface area contributed by atoms with Gasteiger partial charge in [0.15, 0.2) is 5.82 Å². The molecule has 2 heterocycles. The fourth-order valence-electron chi connectivity index (χ4n) is 2.97. The first-order valence-electron chi connectivity index (χ1n) is 9.32. The molecule has 0 saturated carbocycles. The molecular formula is C21H25N5O2. The van der Waals surface area contributed by atoms with Crippen LogP contribution in [0.1, 0.15) is 35.5 Å². The Kier molecular flexibility index (Phi) is 5.93. The van der Waals surface area contributed by atoms with E-state index in [0.29, 0.717) is 22.8 Å². The maximum atomic E-state index is 12.7. The molecule has 0 atom stereocenters. The van der Waals surface area contributed by atoms with E-state index in [0.717, 1.165) is 30.0 Å². The Labute approximate surface area is 164 Å². The van der Waals surface area contributed by atoms with Gasteiger partial charge in [-0.2, -0.15) is 0 Å². The van der Waals surface area contributed by atoms with Gasteiger partial charge in [-0.15, -0.1) is 0 Å². The largest absolute Gasteiger partial charge is 0.372 e. The fraction of sp³-hybridized carbons (Fsp3) is 0.286. The first-order valence-corrected chi connectivity index (χ1v) is 9.32. The summed E-state index contributed by atoms with van der Waals surface area (Å²) < 4.78 is 5.03. The summed E-state index contributed by atoms with van der Waals surface area (Å²) in [5.74, 6) is 1.05. The van der Waals surface area contributed by atoms with Crippen LogP contribution in [0.5, 0.6) is 0 Å². The van der Waals surface area contributed by atoms with Crippen molar-refractivity contribution in [3.8, 4) is 0 Å². The molecule has 0 spiro atoms. The topological polar surface area (TPSA) is 83.3 Å². The van der Waals surface area contributed by atoms with Crippen LogP contribution in [0.3, 0.4) is 0 Å². The third-order valence-corrected chi connectivity index (χ3v) is 4.49. The number of rotatable bonds is 7.